The molecule has 0 aliphatic rings. The topological polar surface area (TPSA) is 84.3 Å². The number of hydrogen-bond donors (Lipinski definition) is 2. The van der Waals surface area contributed by atoms with E-state index in [2.05, 4.69) is 4.98 Å². The lowest BCUT2D eigenvalue weighted by atomic mass is 10.2. The van der Waals surface area contributed by atoms with Crippen molar-refractivity contribution in [1.29, 1.82) is 0 Å². The fraction of sp³-hybridized carbons (Fsp3) is 0.667. The van der Waals surface area contributed by atoms with Crippen LogP contribution >= 0.6 is 0 Å². The summed E-state index contributed by atoms with van der Waals surface area (Å²) in [4.78, 5) is 25.1. The summed E-state index contributed by atoms with van der Waals surface area (Å²) < 4.78 is 6.92. The minimum atomic E-state index is -0.614. The molecule has 0 radical (unpaired) electrons. The minimum absolute atomic E-state index is 0.348. The highest BCUT2D eigenvalue weighted by molar-refractivity contribution is 5.01. The van der Waals surface area contributed by atoms with E-state index < -0.39 is 23.6 Å². The van der Waals surface area contributed by atoms with Gasteiger partial charge in [0.2, 0.25) is 0 Å². The molecule has 0 aliphatic carbocycles. The minimum Gasteiger partial charge on any atom is -0.391 e. The second kappa shape index (κ2) is 5.97. The van der Waals surface area contributed by atoms with Crippen LogP contribution in [0.15, 0.2) is 15.8 Å². The number of nitrogens with one attached hydrogen (secondary N) is 1. The highest BCUT2D eigenvalue weighted by atomic mass is 16.5. The Labute approximate surface area is 105 Å². The van der Waals surface area contributed by atoms with Gasteiger partial charge >= 0.3 is 5.69 Å². The van der Waals surface area contributed by atoms with Gasteiger partial charge in [0.1, 0.15) is 6.23 Å². The number of aliphatic hydroxyl groups excluding tert-OH is 1. The van der Waals surface area contributed by atoms with E-state index in [0.717, 1.165) is 0 Å². The van der Waals surface area contributed by atoms with Gasteiger partial charge < -0.3 is 9.84 Å². The molecule has 0 fully saturated rings. The number of aromatic amines is 1. The Kier molecular flexibility index (Phi) is 4.86. The first kappa shape index (κ1) is 14.7. The second-order valence-electron chi connectivity index (χ2n) is 4.40. The van der Waals surface area contributed by atoms with E-state index in [-0.39, 0.29) is 6.10 Å². The molecule has 0 aromatic carbocycles. The van der Waals surface area contributed by atoms with Gasteiger partial charge in [-0.2, -0.15) is 0 Å². The van der Waals surface area contributed by atoms with Gasteiger partial charge in [-0.15, -0.1) is 0 Å². The fourth-order valence-corrected chi connectivity index (χ4v) is 1.73. The monoisotopic (exact) mass is 256 g/mol. The molecule has 6 heteroatoms. The lowest BCUT2D eigenvalue weighted by molar-refractivity contribution is -0.0954. The first-order chi connectivity index (χ1) is 8.36. The molecule has 0 spiro atoms. The highest BCUT2D eigenvalue weighted by Crippen LogP contribution is 2.13. The lowest BCUT2D eigenvalue weighted by Gasteiger charge is -2.24. The molecular formula is C12H20N2O4. The van der Waals surface area contributed by atoms with Gasteiger partial charge in [0.05, 0.1) is 12.2 Å². The Balaban J connectivity index is 2.97. The van der Waals surface area contributed by atoms with Crippen molar-refractivity contribution in [2.24, 2.45) is 0 Å². The summed E-state index contributed by atoms with van der Waals surface area (Å²) in [6, 6.07) is 0. The van der Waals surface area contributed by atoms with E-state index in [1.165, 1.54) is 10.8 Å². The molecule has 2 N–H and O–H groups in total. The van der Waals surface area contributed by atoms with Crippen LogP contribution in [0.5, 0.6) is 0 Å². The molecule has 0 amide bonds. The quantitative estimate of drug-likeness (QED) is 0.805. The Morgan fingerprint density at radius 1 is 1.44 bits per heavy atom. The normalized spacial score (nSPS) is 16.3. The van der Waals surface area contributed by atoms with Crippen LogP contribution in [0.1, 0.15) is 39.0 Å². The van der Waals surface area contributed by atoms with Gasteiger partial charge in [0.15, 0.2) is 0 Å². The number of ether oxygens (including phenoxy) is 1. The summed E-state index contributed by atoms with van der Waals surface area (Å²) in [5.74, 6) is 0. The van der Waals surface area contributed by atoms with Crippen molar-refractivity contribution in [3.63, 3.8) is 0 Å². The zero-order chi connectivity index (χ0) is 13.9. The van der Waals surface area contributed by atoms with Crippen molar-refractivity contribution in [1.82, 2.24) is 9.55 Å². The number of H-pyrrole nitrogens is 1. The molecule has 1 aromatic heterocycles. The number of nitrogens with zero attached hydrogens (tertiary/aromatic N) is 1. The maximum Gasteiger partial charge on any atom is 0.330 e. The molecule has 1 rings (SSSR count). The molecule has 0 saturated carbocycles. The van der Waals surface area contributed by atoms with Crippen LogP contribution < -0.4 is 11.2 Å². The van der Waals surface area contributed by atoms with Gasteiger partial charge in [-0.05, 0) is 27.2 Å². The number of aryl methyl sites for hydroxylation is 1. The van der Waals surface area contributed by atoms with Crippen LogP contribution in [0.2, 0.25) is 0 Å². The van der Waals surface area contributed by atoms with E-state index in [1.54, 1.807) is 20.8 Å². The molecule has 3 atom stereocenters. The van der Waals surface area contributed by atoms with Gasteiger partial charge in [-0.3, -0.25) is 14.3 Å². The fourth-order valence-electron chi connectivity index (χ4n) is 1.73. The number of aromatic nitrogens is 2. The summed E-state index contributed by atoms with van der Waals surface area (Å²) >= 11 is 0. The van der Waals surface area contributed by atoms with Crippen molar-refractivity contribution in [2.75, 3.05) is 0 Å². The summed E-state index contributed by atoms with van der Waals surface area (Å²) in [6.45, 7) is 6.85. The lowest BCUT2D eigenvalue weighted by Crippen LogP contribution is -2.36. The SMILES string of the molecule is CC[C@@H](O[C@H](C)n1cc(C)c(=O)[nH]c1=O)[C@@H](C)O. The third kappa shape index (κ3) is 3.30. The summed E-state index contributed by atoms with van der Waals surface area (Å²) in [5, 5.41) is 9.51. The van der Waals surface area contributed by atoms with Crippen LogP contribution in [0.3, 0.4) is 0 Å². The van der Waals surface area contributed by atoms with Crippen LogP contribution in [-0.4, -0.2) is 26.9 Å². The predicted octanol–water partition coefficient (Wildman–Crippen LogP) is 0.540. The third-order valence-corrected chi connectivity index (χ3v) is 2.85. The van der Waals surface area contributed by atoms with Crippen molar-refractivity contribution < 1.29 is 9.84 Å². The molecular weight excluding hydrogens is 236 g/mol. The smallest absolute Gasteiger partial charge is 0.330 e. The maximum absolute atomic E-state index is 11.6. The molecule has 18 heavy (non-hydrogen) atoms. The van der Waals surface area contributed by atoms with Crippen LogP contribution in [0.4, 0.5) is 0 Å². The first-order valence-electron chi connectivity index (χ1n) is 6.02. The Morgan fingerprint density at radius 3 is 2.56 bits per heavy atom. The number of aliphatic hydroxyl groups is 1. The second-order valence-corrected chi connectivity index (χ2v) is 4.40. The van der Waals surface area contributed by atoms with E-state index in [9.17, 15) is 14.7 Å². The van der Waals surface area contributed by atoms with Crippen molar-refractivity contribution in [3.8, 4) is 0 Å². The summed E-state index contributed by atoms with van der Waals surface area (Å²) in [7, 11) is 0. The van der Waals surface area contributed by atoms with Gasteiger partial charge in [-0.1, -0.05) is 6.92 Å². The highest BCUT2D eigenvalue weighted by Gasteiger charge is 2.18. The van der Waals surface area contributed by atoms with Crippen molar-refractivity contribution in [3.05, 3.63) is 32.6 Å². The molecule has 102 valence electrons. The van der Waals surface area contributed by atoms with E-state index in [0.29, 0.717) is 12.0 Å². The zero-order valence-electron chi connectivity index (χ0n) is 11.1. The average Bonchev–Trinajstić information content (AvgIpc) is 2.29. The largest absolute Gasteiger partial charge is 0.391 e. The van der Waals surface area contributed by atoms with Crippen LogP contribution in [0, 0.1) is 6.92 Å². The average molecular weight is 256 g/mol. The van der Waals surface area contributed by atoms with Crippen molar-refractivity contribution in [2.45, 2.75) is 52.6 Å². The Bertz CT molecular complexity index is 504. The standard InChI is InChI=1S/C12H20N2O4/c1-5-10(8(3)15)18-9(4)14-6-7(2)11(16)13-12(14)17/h6,8-10,15H,5H2,1-4H3,(H,13,16,17)/t8-,9-,10-/m1/s1. The molecule has 0 unspecified atom stereocenters. The molecule has 1 heterocycles. The Morgan fingerprint density at radius 2 is 2.06 bits per heavy atom. The van der Waals surface area contributed by atoms with Gasteiger partial charge in [0, 0.05) is 11.8 Å². The van der Waals surface area contributed by atoms with E-state index in [4.69, 9.17) is 4.74 Å². The van der Waals surface area contributed by atoms with Crippen molar-refractivity contribution >= 4 is 0 Å². The summed E-state index contributed by atoms with van der Waals surface area (Å²) in [6.07, 6.45) is 0.586. The van der Waals surface area contributed by atoms with Crippen LogP contribution in [-0.2, 0) is 4.74 Å². The molecule has 0 bridgehead atoms. The van der Waals surface area contributed by atoms with Crippen LogP contribution in [0.25, 0.3) is 0 Å². The Hall–Kier alpha value is -1.40. The molecule has 0 aliphatic heterocycles. The molecule has 0 saturated heterocycles. The van der Waals surface area contributed by atoms with E-state index in [1.807, 2.05) is 6.92 Å². The number of hydrogen-bond acceptors (Lipinski definition) is 4. The zero-order valence-corrected chi connectivity index (χ0v) is 11.1. The summed E-state index contributed by atoms with van der Waals surface area (Å²) in [5.41, 5.74) is -0.472. The third-order valence-electron chi connectivity index (χ3n) is 2.85. The van der Waals surface area contributed by atoms with Gasteiger partial charge in [-0.25, -0.2) is 4.79 Å². The predicted molar refractivity (Wildman–Crippen MR) is 67.6 cm³/mol. The maximum atomic E-state index is 11.6. The number of rotatable bonds is 5. The van der Waals surface area contributed by atoms with E-state index >= 15 is 0 Å². The first-order valence-corrected chi connectivity index (χ1v) is 6.02. The van der Waals surface area contributed by atoms with Gasteiger partial charge in [0.25, 0.3) is 5.56 Å². The molecule has 1 aromatic rings. The molecule has 6 nitrogen and oxygen atoms in total.